The van der Waals surface area contributed by atoms with E-state index in [1.807, 2.05) is 29.6 Å². The minimum absolute atomic E-state index is 0.118. The van der Waals surface area contributed by atoms with Crippen LogP contribution in [0.15, 0.2) is 30.9 Å². The molecule has 8 nitrogen and oxygen atoms in total. The summed E-state index contributed by atoms with van der Waals surface area (Å²) in [7, 11) is 1.93. The molecule has 0 unspecified atom stereocenters. The van der Waals surface area contributed by atoms with E-state index in [1.54, 1.807) is 6.20 Å². The number of hydrogen-bond donors (Lipinski definition) is 2. The number of imidazole rings is 1. The van der Waals surface area contributed by atoms with E-state index >= 15 is 0 Å². The molecule has 9 heteroatoms. The van der Waals surface area contributed by atoms with Crippen LogP contribution in [0.3, 0.4) is 0 Å². The number of fused-ring (bicyclic) bond motifs is 1. The molecule has 4 rings (SSSR count). The second kappa shape index (κ2) is 7.65. The summed E-state index contributed by atoms with van der Waals surface area (Å²) in [6, 6.07) is 2.37. The minimum Gasteiger partial charge on any atom is -0.505 e. The number of nitrogens with one attached hydrogen (secondary N) is 1. The number of aromatic nitrogens is 4. The Morgan fingerprint density at radius 1 is 1.31 bits per heavy atom. The molecule has 1 saturated heterocycles. The van der Waals surface area contributed by atoms with Crippen LogP contribution in [-0.4, -0.2) is 48.5 Å². The molecule has 2 aromatic heterocycles. The summed E-state index contributed by atoms with van der Waals surface area (Å²) in [4.78, 5) is 27.2. The predicted octanol–water partition coefficient (Wildman–Crippen LogP) is 2.62. The fraction of sp³-hybridized carbons (Fsp3) is 0.400. The van der Waals surface area contributed by atoms with Gasteiger partial charge < -0.3 is 19.9 Å². The van der Waals surface area contributed by atoms with E-state index in [9.17, 15) is 14.3 Å². The number of rotatable bonds is 5. The average Bonchev–Trinajstić information content (AvgIpc) is 3.13. The van der Waals surface area contributed by atoms with E-state index < -0.39 is 11.6 Å². The maximum Gasteiger partial charge on any atom is 0.223 e. The zero-order valence-corrected chi connectivity index (χ0v) is 16.3. The van der Waals surface area contributed by atoms with E-state index in [-0.39, 0.29) is 17.9 Å². The molecule has 29 heavy (non-hydrogen) atoms. The Morgan fingerprint density at radius 2 is 2.14 bits per heavy atom. The number of phenols is 1. The number of likely N-dealkylation sites (tertiary alicyclic amines) is 1. The number of carbonyl (C=O) groups is 1. The summed E-state index contributed by atoms with van der Waals surface area (Å²) in [5.74, 6) is 0.447. The average molecular weight is 398 g/mol. The van der Waals surface area contributed by atoms with Crippen molar-refractivity contribution < 1.29 is 14.3 Å². The number of amides is 1. The number of piperidine rings is 1. The van der Waals surface area contributed by atoms with Gasteiger partial charge in [0.05, 0.1) is 11.6 Å². The van der Waals surface area contributed by atoms with Gasteiger partial charge in [0.15, 0.2) is 11.6 Å². The first-order chi connectivity index (χ1) is 14.0. The van der Waals surface area contributed by atoms with Crippen molar-refractivity contribution in [1.82, 2.24) is 24.4 Å². The molecule has 2 N–H and O–H groups in total. The van der Waals surface area contributed by atoms with Crippen LogP contribution in [-0.2, 0) is 11.8 Å². The van der Waals surface area contributed by atoms with Gasteiger partial charge in [-0.2, -0.15) is 0 Å². The molecule has 1 fully saturated rings. The normalized spacial score (nSPS) is 19.7. The van der Waals surface area contributed by atoms with Crippen molar-refractivity contribution in [2.75, 3.05) is 18.4 Å². The molecular formula is C20H23FN6O2. The van der Waals surface area contributed by atoms with Crippen LogP contribution < -0.4 is 5.32 Å². The van der Waals surface area contributed by atoms with Gasteiger partial charge in [-0.3, -0.25) is 4.79 Å². The lowest BCUT2D eigenvalue weighted by molar-refractivity contribution is -0.138. The fourth-order valence-corrected chi connectivity index (χ4v) is 4.05. The second-order valence-electron chi connectivity index (χ2n) is 7.24. The molecule has 1 aliphatic heterocycles. The first-order valence-electron chi connectivity index (χ1n) is 9.63. The quantitative estimate of drug-likeness (QED) is 0.686. The standard InChI is InChI=1S/C20H23FN6O2/c1-3-27-17(29)5-4-12(18(27)20-22-6-7-26(20)2)10-23-19-13-8-16(28)14(21)9-15(13)24-11-25-19/h6-9,11-12,18,28H,3-5,10H2,1-2H3,(H,23,24,25)/t12-,18+/m1/s1. The van der Waals surface area contributed by atoms with Crippen LogP contribution in [0.4, 0.5) is 10.2 Å². The summed E-state index contributed by atoms with van der Waals surface area (Å²) in [6.45, 7) is 3.13. The number of aryl methyl sites for hydroxylation is 1. The molecule has 0 bridgehead atoms. The lowest BCUT2D eigenvalue weighted by Gasteiger charge is -2.40. The van der Waals surface area contributed by atoms with Gasteiger partial charge in [-0.1, -0.05) is 0 Å². The molecule has 2 atom stereocenters. The topological polar surface area (TPSA) is 96.2 Å². The molecule has 0 radical (unpaired) electrons. The van der Waals surface area contributed by atoms with Crippen molar-refractivity contribution in [1.29, 1.82) is 0 Å². The number of halogens is 1. The van der Waals surface area contributed by atoms with E-state index in [1.165, 1.54) is 18.5 Å². The van der Waals surface area contributed by atoms with E-state index in [2.05, 4.69) is 20.3 Å². The third kappa shape index (κ3) is 3.48. The zero-order chi connectivity index (χ0) is 20.5. The van der Waals surface area contributed by atoms with Crippen LogP contribution in [0.2, 0.25) is 0 Å². The van der Waals surface area contributed by atoms with Crippen LogP contribution in [0.25, 0.3) is 10.9 Å². The first-order valence-corrected chi connectivity index (χ1v) is 9.63. The zero-order valence-electron chi connectivity index (χ0n) is 16.3. The van der Waals surface area contributed by atoms with Gasteiger partial charge in [0.25, 0.3) is 0 Å². The highest BCUT2D eigenvalue weighted by molar-refractivity contribution is 5.90. The smallest absolute Gasteiger partial charge is 0.223 e. The Kier molecular flexibility index (Phi) is 5.04. The molecule has 1 aromatic carbocycles. The summed E-state index contributed by atoms with van der Waals surface area (Å²) < 4.78 is 15.6. The Morgan fingerprint density at radius 3 is 2.86 bits per heavy atom. The van der Waals surface area contributed by atoms with Crippen LogP contribution in [0.5, 0.6) is 5.75 Å². The molecule has 0 spiro atoms. The maximum atomic E-state index is 13.6. The lowest BCUT2D eigenvalue weighted by atomic mass is 9.87. The Balaban J connectivity index is 1.63. The molecule has 1 amide bonds. The van der Waals surface area contributed by atoms with Gasteiger partial charge in [-0.25, -0.2) is 19.3 Å². The SMILES string of the molecule is CCN1C(=O)CC[C@H](CNc2ncnc3cc(F)c(O)cc23)[C@H]1c1nccn1C. The molecular weight excluding hydrogens is 375 g/mol. The molecule has 0 aliphatic carbocycles. The first kappa shape index (κ1) is 19.1. The lowest BCUT2D eigenvalue weighted by Crippen LogP contribution is -2.45. The second-order valence-corrected chi connectivity index (χ2v) is 7.24. The van der Waals surface area contributed by atoms with Gasteiger partial charge in [0.1, 0.15) is 18.0 Å². The van der Waals surface area contributed by atoms with E-state index in [0.29, 0.717) is 36.2 Å². The number of aromatic hydroxyl groups is 1. The Bertz CT molecular complexity index is 1050. The summed E-state index contributed by atoms with van der Waals surface area (Å²) in [6.07, 6.45) is 6.19. The van der Waals surface area contributed by atoms with Gasteiger partial charge in [-0.05, 0) is 19.4 Å². The van der Waals surface area contributed by atoms with Crippen molar-refractivity contribution in [3.05, 3.63) is 42.5 Å². The monoisotopic (exact) mass is 398 g/mol. The number of benzene rings is 1. The van der Waals surface area contributed by atoms with Crippen molar-refractivity contribution in [3.8, 4) is 5.75 Å². The van der Waals surface area contributed by atoms with Gasteiger partial charge >= 0.3 is 0 Å². The van der Waals surface area contributed by atoms with Crippen LogP contribution >= 0.6 is 0 Å². The highest BCUT2D eigenvalue weighted by Crippen LogP contribution is 2.36. The molecule has 152 valence electrons. The molecule has 1 aliphatic rings. The number of carbonyl (C=O) groups excluding carboxylic acids is 1. The van der Waals surface area contributed by atoms with E-state index in [4.69, 9.17) is 0 Å². The molecule has 3 heterocycles. The number of phenolic OH excluding ortho intramolecular Hbond substituents is 1. The number of nitrogens with zero attached hydrogens (tertiary/aromatic N) is 5. The molecule has 0 saturated carbocycles. The third-order valence-corrected chi connectivity index (χ3v) is 5.53. The summed E-state index contributed by atoms with van der Waals surface area (Å²) in [5, 5.41) is 13.6. The summed E-state index contributed by atoms with van der Waals surface area (Å²) >= 11 is 0. The van der Waals surface area contributed by atoms with Crippen LogP contribution in [0, 0.1) is 11.7 Å². The predicted molar refractivity (Wildman–Crippen MR) is 106 cm³/mol. The maximum absolute atomic E-state index is 13.6. The highest BCUT2D eigenvalue weighted by Gasteiger charge is 2.38. The number of anilines is 1. The number of hydrogen-bond acceptors (Lipinski definition) is 6. The van der Waals surface area contributed by atoms with Crippen molar-refractivity contribution in [2.24, 2.45) is 13.0 Å². The summed E-state index contributed by atoms with van der Waals surface area (Å²) in [5.41, 5.74) is 0.410. The van der Waals surface area contributed by atoms with Crippen molar-refractivity contribution in [3.63, 3.8) is 0 Å². The molecule has 3 aromatic rings. The van der Waals surface area contributed by atoms with Crippen LogP contribution in [0.1, 0.15) is 31.6 Å². The van der Waals surface area contributed by atoms with Crippen molar-refractivity contribution >= 4 is 22.6 Å². The fourth-order valence-electron chi connectivity index (χ4n) is 4.05. The Labute approximate surface area is 167 Å². The Hall–Kier alpha value is -3.23. The van der Waals surface area contributed by atoms with Gasteiger partial charge in [-0.15, -0.1) is 0 Å². The van der Waals surface area contributed by atoms with Gasteiger partial charge in [0.2, 0.25) is 5.91 Å². The minimum atomic E-state index is -0.721. The van der Waals surface area contributed by atoms with E-state index in [0.717, 1.165) is 12.2 Å². The van der Waals surface area contributed by atoms with Crippen molar-refractivity contribution in [2.45, 2.75) is 25.8 Å². The highest BCUT2D eigenvalue weighted by atomic mass is 19.1. The largest absolute Gasteiger partial charge is 0.505 e. The van der Waals surface area contributed by atoms with Gasteiger partial charge in [0, 0.05) is 56.3 Å². The third-order valence-electron chi connectivity index (χ3n) is 5.53.